The number of hydrogen-bond donors (Lipinski definition) is 3. The minimum Gasteiger partial charge on any atom is -0.406 e. The van der Waals surface area contributed by atoms with Crippen molar-refractivity contribution in [1.29, 1.82) is 0 Å². The molecule has 180 valence electrons. The zero-order valence-corrected chi connectivity index (χ0v) is 18.7. The van der Waals surface area contributed by atoms with E-state index < -0.39 is 12.3 Å². The summed E-state index contributed by atoms with van der Waals surface area (Å²) in [6.45, 7) is 4.46. The van der Waals surface area contributed by atoms with Crippen molar-refractivity contribution in [3.8, 4) is 5.75 Å². The van der Waals surface area contributed by atoms with Crippen LogP contribution in [-0.4, -0.2) is 34.1 Å². The van der Waals surface area contributed by atoms with Crippen molar-refractivity contribution < 1.29 is 22.7 Å². The predicted molar refractivity (Wildman–Crippen MR) is 118 cm³/mol. The lowest BCUT2D eigenvalue weighted by atomic mass is 9.82. The standard InChI is InChI=1S/C23H30F3N5O2/c1-13-11-17(28-14(2)15-3-4-15)7-10-20(13)31-12-19(21(27)32)22(30-31)29-16-5-8-18(9-6-16)33-23(24,25)26/h5-6,8-9,12-15,17,20,28H,3-4,7,10-11H2,1-2H3,(H2,27,32)(H,29,30). The molecule has 33 heavy (non-hydrogen) atoms. The summed E-state index contributed by atoms with van der Waals surface area (Å²) in [4.78, 5) is 12.0. The summed E-state index contributed by atoms with van der Waals surface area (Å²) in [6, 6.07) is 6.39. The number of aromatic nitrogens is 2. The van der Waals surface area contributed by atoms with E-state index in [1.807, 2.05) is 0 Å². The molecule has 4 rings (SSSR count). The maximum atomic E-state index is 12.4. The number of nitrogens with two attached hydrogens (primary N) is 1. The number of halogens is 3. The van der Waals surface area contributed by atoms with E-state index in [9.17, 15) is 18.0 Å². The van der Waals surface area contributed by atoms with Crippen molar-refractivity contribution in [2.24, 2.45) is 17.6 Å². The summed E-state index contributed by atoms with van der Waals surface area (Å²) in [6.07, 6.45) is 2.52. The molecule has 0 aliphatic heterocycles. The van der Waals surface area contributed by atoms with Gasteiger partial charge < -0.3 is 21.1 Å². The number of alkyl halides is 3. The summed E-state index contributed by atoms with van der Waals surface area (Å²) >= 11 is 0. The van der Waals surface area contributed by atoms with Crippen LogP contribution in [0.25, 0.3) is 0 Å². The molecule has 0 saturated heterocycles. The molecule has 1 amide bonds. The molecule has 2 aliphatic carbocycles. The highest BCUT2D eigenvalue weighted by Crippen LogP contribution is 2.37. The van der Waals surface area contributed by atoms with Gasteiger partial charge in [0.05, 0.1) is 6.04 Å². The van der Waals surface area contributed by atoms with Gasteiger partial charge >= 0.3 is 6.36 Å². The van der Waals surface area contributed by atoms with Gasteiger partial charge in [0.15, 0.2) is 5.82 Å². The Hall–Kier alpha value is -2.75. The Morgan fingerprint density at radius 1 is 1.21 bits per heavy atom. The first kappa shape index (κ1) is 23.4. The molecule has 2 aliphatic rings. The van der Waals surface area contributed by atoms with Gasteiger partial charge in [-0.05, 0) is 75.1 Å². The van der Waals surface area contributed by atoms with Crippen molar-refractivity contribution >= 4 is 17.4 Å². The lowest BCUT2D eigenvalue weighted by Gasteiger charge is -2.36. The Bertz CT molecular complexity index is 971. The van der Waals surface area contributed by atoms with E-state index in [1.165, 1.54) is 37.1 Å². The highest BCUT2D eigenvalue weighted by atomic mass is 19.4. The number of anilines is 2. The van der Waals surface area contributed by atoms with E-state index in [4.69, 9.17) is 5.73 Å². The zero-order valence-electron chi connectivity index (χ0n) is 18.7. The molecule has 0 spiro atoms. The number of rotatable bonds is 8. The summed E-state index contributed by atoms with van der Waals surface area (Å²) in [7, 11) is 0. The fraction of sp³-hybridized carbons (Fsp3) is 0.565. The fourth-order valence-electron chi connectivity index (χ4n) is 4.74. The molecule has 4 N–H and O–H groups in total. The molecular weight excluding hydrogens is 435 g/mol. The Labute approximate surface area is 190 Å². The van der Waals surface area contributed by atoms with E-state index in [1.54, 1.807) is 10.9 Å². The predicted octanol–water partition coefficient (Wildman–Crippen LogP) is 4.74. The minimum atomic E-state index is -4.76. The number of benzene rings is 1. The van der Waals surface area contributed by atoms with Crippen molar-refractivity contribution in [2.75, 3.05) is 5.32 Å². The summed E-state index contributed by atoms with van der Waals surface area (Å²) in [5, 5.41) is 11.3. The first-order valence-electron chi connectivity index (χ1n) is 11.4. The molecular formula is C23H30F3N5O2. The molecule has 2 aromatic rings. The third kappa shape index (κ3) is 5.98. The largest absolute Gasteiger partial charge is 0.573 e. The smallest absolute Gasteiger partial charge is 0.406 e. The molecule has 1 heterocycles. The van der Waals surface area contributed by atoms with E-state index in [2.05, 4.69) is 34.3 Å². The number of nitrogens with one attached hydrogen (secondary N) is 2. The molecule has 4 atom stereocenters. The number of primary amides is 1. The Kier molecular flexibility index (Phi) is 6.56. The van der Waals surface area contributed by atoms with Crippen LogP contribution in [0.2, 0.25) is 0 Å². The van der Waals surface area contributed by atoms with Gasteiger partial charge in [-0.1, -0.05) is 6.92 Å². The SMILES string of the molecule is CC1CC(NC(C)C2CC2)CCC1n1cc(C(N)=O)c(Nc2ccc(OC(F)(F)F)cc2)n1. The molecule has 7 nitrogen and oxygen atoms in total. The second-order valence-corrected chi connectivity index (χ2v) is 9.28. The molecule has 4 unspecified atom stereocenters. The number of amides is 1. The average molecular weight is 466 g/mol. The van der Waals surface area contributed by atoms with Crippen molar-refractivity contribution in [3.63, 3.8) is 0 Å². The van der Waals surface area contributed by atoms with Gasteiger partial charge in [-0.25, -0.2) is 0 Å². The Morgan fingerprint density at radius 3 is 2.48 bits per heavy atom. The van der Waals surface area contributed by atoms with Gasteiger partial charge in [0.2, 0.25) is 0 Å². The Morgan fingerprint density at radius 2 is 1.91 bits per heavy atom. The van der Waals surface area contributed by atoms with Gasteiger partial charge in [0, 0.05) is 24.0 Å². The van der Waals surface area contributed by atoms with Crippen LogP contribution < -0.4 is 21.1 Å². The molecule has 2 saturated carbocycles. The van der Waals surface area contributed by atoms with Crippen molar-refractivity contribution in [2.45, 2.75) is 70.4 Å². The number of hydrogen-bond acceptors (Lipinski definition) is 5. The van der Waals surface area contributed by atoms with Crippen LogP contribution in [0.15, 0.2) is 30.5 Å². The highest BCUT2D eigenvalue weighted by Gasteiger charge is 2.34. The summed E-state index contributed by atoms with van der Waals surface area (Å²) < 4.78 is 42.8. The lowest BCUT2D eigenvalue weighted by Crippen LogP contribution is -2.42. The van der Waals surface area contributed by atoms with Crippen LogP contribution in [0, 0.1) is 11.8 Å². The van der Waals surface area contributed by atoms with E-state index in [0.717, 1.165) is 25.2 Å². The van der Waals surface area contributed by atoms with Crippen LogP contribution in [0.4, 0.5) is 24.7 Å². The van der Waals surface area contributed by atoms with Crippen molar-refractivity contribution in [3.05, 3.63) is 36.0 Å². The molecule has 2 fully saturated rings. The molecule has 10 heteroatoms. The van der Waals surface area contributed by atoms with E-state index in [-0.39, 0.29) is 23.2 Å². The van der Waals surface area contributed by atoms with Crippen molar-refractivity contribution in [1.82, 2.24) is 15.1 Å². The van der Waals surface area contributed by atoms with E-state index in [0.29, 0.717) is 23.7 Å². The minimum absolute atomic E-state index is 0.135. The quantitative estimate of drug-likeness (QED) is 0.524. The number of ether oxygens (including phenoxy) is 1. The number of carbonyl (C=O) groups excluding carboxylic acids is 1. The maximum absolute atomic E-state index is 12.4. The molecule has 0 radical (unpaired) electrons. The summed E-state index contributed by atoms with van der Waals surface area (Å²) in [5.74, 6) is 0.493. The van der Waals surface area contributed by atoms with Gasteiger partial charge in [-0.2, -0.15) is 5.10 Å². The normalized spacial score (nSPS) is 24.3. The van der Waals surface area contributed by atoms with Gasteiger partial charge in [0.1, 0.15) is 11.3 Å². The van der Waals surface area contributed by atoms with Crippen LogP contribution in [-0.2, 0) is 0 Å². The van der Waals surface area contributed by atoms with Crippen LogP contribution in [0.1, 0.15) is 62.4 Å². The molecule has 1 aromatic heterocycles. The number of nitrogens with zero attached hydrogens (tertiary/aromatic N) is 2. The van der Waals surface area contributed by atoms with Gasteiger partial charge in [-0.15, -0.1) is 13.2 Å². The van der Waals surface area contributed by atoms with Crippen LogP contribution in [0.5, 0.6) is 5.75 Å². The fourth-order valence-corrected chi connectivity index (χ4v) is 4.74. The molecule has 1 aromatic carbocycles. The number of carbonyl (C=O) groups is 1. The topological polar surface area (TPSA) is 94.2 Å². The van der Waals surface area contributed by atoms with Gasteiger partial charge in [0.25, 0.3) is 5.91 Å². The third-order valence-corrected chi connectivity index (χ3v) is 6.64. The Balaban J connectivity index is 1.44. The zero-order chi connectivity index (χ0) is 23.8. The first-order valence-corrected chi connectivity index (χ1v) is 11.4. The second-order valence-electron chi connectivity index (χ2n) is 9.28. The third-order valence-electron chi connectivity index (χ3n) is 6.64. The first-order chi connectivity index (χ1) is 15.6. The average Bonchev–Trinajstić information content (AvgIpc) is 3.49. The van der Waals surface area contributed by atoms with E-state index >= 15 is 0 Å². The van der Waals surface area contributed by atoms with Crippen LogP contribution >= 0.6 is 0 Å². The highest BCUT2D eigenvalue weighted by molar-refractivity contribution is 5.98. The van der Waals surface area contributed by atoms with Crippen LogP contribution in [0.3, 0.4) is 0 Å². The molecule has 0 bridgehead atoms. The lowest BCUT2D eigenvalue weighted by molar-refractivity contribution is -0.274. The van der Waals surface area contributed by atoms with Gasteiger partial charge in [-0.3, -0.25) is 9.48 Å². The second kappa shape index (κ2) is 9.24. The summed E-state index contributed by atoms with van der Waals surface area (Å²) in [5.41, 5.74) is 6.26. The maximum Gasteiger partial charge on any atom is 0.573 e. The monoisotopic (exact) mass is 465 g/mol.